The topological polar surface area (TPSA) is 80.4 Å². The Balaban J connectivity index is 1.66. The van der Waals surface area contributed by atoms with Crippen LogP contribution in [0.1, 0.15) is 41.3 Å². The summed E-state index contributed by atoms with van der Waals surface area (Å²) in [6.07, 6.45) is 0.929. The maximum Gasteiger partial charge on any atom is 0.243 e. The van der Waals surface area contributed by atoms with Gasteiger partial charge in [-0.1, -0.05) is 0 Å². The Morgan fingerprint density at radius 3 is 2.72 bits per heavy atom. The van der Waals surface area contributed by atoms with Gasteiger partial charge < -0.3 is 14.6 Å². The lowest BCUT2D eigenvalue weighted by Crippen LogP contribution is -2.44. The zero-order valence-corrected chi connectivity index (χ0v) is 15.1. The molecule has 2 aromatic heterocycles. The number of likely N-dealkylation sites (tertiary alicyclic amines) is 1. The number of carbonyl (C=O) groups is 2. The molecule has 1 saturated heterocycles. The van der Waals surface area contributed by atoms with Crippen molar-refractivity contribution in [2.45, 2.75) is 52.7 Å². The third-order valence-corrected chi connectivity index (χ3v) is 4.85. The number of carbonyl (C=O) groups excluding carboxylic acids is 2. The predicted molar refractivity (Wildman–Crippen MR) is 91.5 cm³/mol. The van der Waals surface area contributed by atoms with Gasteiger partial charge in [0.15, 0.2) is 0 Å². The zero-order valence-electron chi connectivity index (χ0n) is 15.1. The van der Waals surface area contributed by atoms with Gasteiger partial charge in [0.05, 0.1) is 12.2 Å². The van der Waals surface area contributed by atoms with Crippen molar-refractivity contribution in [3.63, 3.8) is 0 Å². The molecule has 1 N–H and O–H groups in total. The highest BCUT2D eigenvalue weighted by Gasteiger charge is 2.36. The highest BCUT2D eigenvalue weighted by molar-refractivity contribution is 5.90. The summed E-state index contributed by atoms with van der Waals surface area (Å²) in [5.41, 5.74) is 2.96. The second-order valence-corrected chi connectivity index (χ2v) is 6.58. The van der Waals surface area contributed by atoms with Crippen LogP contribution < -0.4 is 5.32 Å². The number of furan rings is 1. The van der Waals surface area contributed by atoms with Gasteiger partial charge in [-0.25, -0.2) is 0 Å². The van der Waals surface area contributed by atoms with Gasteiger partial charge in [-0.15, -0.1) is 0 Å². The summed E-state index contributed by atoms with van der Waals surface area (Å²) in [5, 5.41) is 7.32. The molecule has 0 radical (unpaired) electrons. The Kier molecular flexibility index (Phi) is 4.65. The molecule has 0 saturated carbocycles. The van der Waals surface area contributed by atoms with Crippen molar-refractivity contribution in [1.82, 2.24) is 20.0 Å². The SMILES string of the molecule is Cc1ccc(CN2C(=O)CC[C@@H]2C(=O)NCc2c(C)nn(C)c2C)o1. The van der Waals surface area contributed by atoms with Crippen LogP contribution in [0.15, 0.2) is 16.5 Å². The Hall–Kier alpha value is -2.57. The maximum atomic E-state index is 12.6. The van der Waals surface area contributed by atoms with Crippen LogP contribution in [0, 0.1) is 20.8 Å². The van der Waals surface area contributed by atoms with Gasteiger partial charge in [-0.3, -0.25) is 14.3 Å². The first-order valence-corrected chi connectivity index (χ1v) is 8.48. The van der Waals surface area contributed by atoms with Crippen LogP contribution in [-0.2, 0) is 29.7 Å². The fraction of sp³-hybridized carbons (Fsp3) is 0.500. The third-order valence-electron chi connectivity index (χ3n) is 4.85. The molecule has 2 aromatic rings. The van der Waals surface area contributed by atoms with Gasteiger partial charge in [-0.2, -0.15) is 5.10 Å². The largest absolute Gasteiger partial charge is 0.464 e. The fourth-order valence-corrected chi connectivity index (χ4v) is 3.31. The lowest BCUT2D eigenvalue weighted by Gasteiger charge is -2.23. The van der Waals surface area contributed by atoms with Gasteiger partial charge >= 0.3 is 0 Å². The minimum atomic E-state index is -0.449. The summed E-state index contributed by atoms with van der Waals surface area (Å²) in [5.74, 6) is 1.36. The molecule has 2 amide bonds. The number of nitrogens with zero attached hydrogens (tertiary/aromatic N) is 3. The fourth-order valence-electron chi connectivity index (χ4n) is 3.31. The van der Waals surface area contributed by atoms with Crippen molar-refractivity contribution in [1.29, 1.82) is 0 Å². The van der Waals surface area contributed by atoms with Crippen LogP contribution in [-0.4, -0.2) is 32.5 Å². The van der Waals surface area contributed by atoms with Crippen LogP contribution in [0.25, 0.3) is 0 Å². The molecule has 7 heteroatoms. The van der Waals surface area contributed by atoms with E-state index in [4.69, 9.17) is 4.42 Å². The molecule has 0 bridgehead atoms. The van der Waals surface area contributed by atoms with Crippen molar-refractivity contribution in [2.24, 2.45) is 7.05 Å². The van der Waals surface area contributed by atoms with Gasteiger partial charge in [-0.05, 0) is 39.3 Å². The summed E-state index contributed by atoms with van der Waals surface area (Å²) in [6.45, 7) is 6.52. The van der Waals surface area contributed by atoms with E-state index in [0.717, 1.165) is 22.7 Å². The van der Waals surface area contributed by atoms with E-state index in [1.807, 2.05) is 44.6 Å². The molecule has 1 fully saturated rings. The first kappa shape index (κ1) is 17.3. The smallest absolute Gasteiger partial charge is 0.243 e. The highest BCUT2D eigenvalue weighted by Crippen LogP contribution is 2.23. The van der Waals surface area contributed by atoms with E-state index in [2.05, 4.69) is 10.4 Å². The predicted octanol–water partition coefficient (Wildman–Crippen LogP) is 1.75. The normalized spacial score (nSPS) is 17.4. The van der Waals surface area contributed by atoms with Crippen molar-refractivity contribution in [3.05, 3.63) is 40.6 Å². The number of aromatic nitrogens is 2. The average Bonchev–Trinajstić information content (AvgIpc) is 3.20. The summed E-state index contributed by atoms with van der Waals surface area (Å²) >= 11 is 0. The number of rotatable bonds is 5. The lowest BCUT2D eigenvalue weighted by molar-refractivity contribution is -0.136. The van der Waals surface area contributed by atoms with Crippen molar-refractivity contribution in [3.8, 4) is 0 Å². The highest BCUT2D eigenvalue weighted by atomic mass is 16.3. The Labute approximate surface area is 147 Å². The van der Waals surface area contributed by atoms with Gasteiger partial charge in [0.2, 0.25) is 11.8 Å². The molecular formula is C18H24N4O3. The second kappa shape index (κ2) is 6.74. The van der Waals surface area contributed by atoms with E-state index < -0.39 is 6.04 Å². The molecule has 134 valence electrons. The standard InChI is InChI=1S/C18H24N4O3/c1-11-5-6-14(25-11)10-22-16(7-8-17(22)23)18(24)19-9-15-12(2)20-21(4)13(15)3/h5-6,16H,7-10H2,1-4H3,(H,19,24)/t16-/m1/s1. The van der Waals surface area contributed by atoms with Crippen LogP contribution in [0.3, 0.4) is 0 Å². The van der Waals surface area contributed by atoms with Crippen LogP contribution >= 0.6 is 0 Å². The van der Waals surface area contributed by atoms with Crippen LogP contribution in [0.5, 0.6) is 0 Å². The molecule has 0 aromatic carbocycles. The summed E-state index contributed by atoms with van der Waals surface area (Å²) < 4.78 is 7.36. The summed E-state index contributed by atoms with van der Waals surface area (Å²) in [4.78, 5) is 26.4. The molecule has 0 unspecified atom stereocenters. The molecule has 25 heavy (non-hydrogen) atoms. The molecule has 0 aliphatic carbocycles. The molecular weight excluding hydrogens is 320 g/mol. The monoisotopic (exact) mass is 344 g/mol. The van der Waals surface area contributed by atoms with E-state index in [0.29, 0.717) is 31.7 Å². The maximum absolute atomic E-state index is 12.6. The minimum absolute atomic E-state index is 0.0112. The quantitative estimate of drug-likeness (QED) is 0.896. The number of hydrogen-bond donors (Lipinski definition) is 1. The summed E-state index contributed by atoms with van der Waals surface area (Å²) in [7, 11) is 1.89. The lowest BCUT2D eigenvalue weighted by atomic mass is 10.1. The number of nitrogens with one attached hydrogen (secondary N) is 1. The average molecular weight is 344 g/mol. The Morgan fingerprint density at radius 1 is 1.36 bits per heavy atom. The number of aryl methyl sites for hydroxylation is 3. The number of hydrogen-bond acceptors (Lipinski definition) is 4. The van der Waals surface area contributed by atoms with E-state index in [1.165, 1.54) is 0 Å². The zero-order chi connectivity index (χ0) is 18.1. The third kappa shape index (κ3) is 3.45. The molecule has 3 rings (SSSR count). The van der Waals surface area contributed by atoms with Gasteiger partial charge in [0.25, 0.3) is 0 Å². The van der Waals surface area contributed by atoms with E-state index in [9.17, 15) is 9.59 Å². The van der Waals surface area contributed by atoms with Crippen molar-refractivity contribution in [2.75, 3.05) is 0 Å². The van der Waals surface area contributed by atoms with Crippen LogP contribution in [0.2, 0.25) is 0 Å². The van der Waals surface area contributed by atoms with Crippen LogP contribution in [0.4, 0.5) is 0 Å². The molecule has 1 aliphatic rings. The second-order valence-electron chi connectivity index (χ2n) is 6.58. The summed E-state index contributed by atoms with van der Waals surface area (Å²) in [6, 6.07) is 3.26. The molecule has 3 heterocycles. The Morgan fingerprint density at radius 2 is 2.12 bits per heavy atom. The minimum Gasteiger partial charge on any atom is -0.464 e. The van der Waals surface area contributed by atoms with E-state index in [-0.39, 0.29) is 11.8 Å². The Bertz CT molecular complexity index is 805. The molecule has 1 aliphatic heterocycles. The van der Waals surface area contributed by atoms with Gasteiger partial charge in [0.1, 0.15) is 17.6 Å². The molecule has 1 atom stereocenters. The first-order valence-electron chi connectivity index (χ1n) is 8.48. The number of amides is 2. The van der Waals surface area contributed by atoms with Gasteiger partial charge in [0, 0.05) is 31.3 Å². The molecule has 7 nitrogen and oxygen atoms in total. The molecule has 0 spiro atoms. The van der Waals surface area contributed by atoms with E-state index >= 15 is 0 Å². The van der Waals surface area contributed by atoms with E-state index in [1.54, 1.807) is 4.90 Å². The first-order chi connectivity index (χ1) is 11.9. The van der Waals surface area contributed by atoms with Crippen molar-refractivity contribution >= 4 is 11.8 Å². The van der Waals surface area contributed by atoms with Crippen molar-refractivity contribution < 1.29 is 14.0 Å².